The average molecular weight is 653 g/mol. The zero-order valence-corrected chi connectivity index (χ0v) is 26.6. The van der Waals surface area contributed by atoms with E-state index in [9.17, 15) is 22.8 Å². The molecule has 3 fully saturated rings. The van der Waals surface area contributed by atoms with Crippen molar-refractivity contribution in [2.24, 2.45) is 11.1 Å². The Morgan fingerprint density at radius 1 is 0.936 bits per heavy atom. The summed E-state index contributed by atoms with van der Waals surface area (Å²) in [5.74, 6) is -1.99. The van der Waals surface area contributed by atoms with Crippen LogP contribution in [-0.2, 0) is 35.7 Å². The number of rotatable bonds is 11. The molecule has 242 valence electrons. The number of likely N-dealkylation sites (tertiary alicyclic amines) is 1. The van der Waals surface area contributed by atoms with Gasteiger partial charge >= 0.3 is 0 Å². The van der Waals surface area contributed by atoms with Gasteiger partial charge in [0.2, 0.25) is 21.8 Å². The fourth-order valence-corrected chi connectivity index (χ4v) is 8.04. The monoisotopic (exact) mass is 652 g/mol. The molecule has 3 aromatic rings. The highest BCUT2D eigenvalue weighted by molar-refractivity contribution is 7.91. The van der Waals surface area contributed by atoms with E-state index in [1.807, 2.05) is 78.9 Å². The standard InChI is InChI=1S/C36H36N4O6S/c1-2-24-21-36(24,35(43)39-47(44,45)26-17-18-26)37-34(42)31-20-25(22-40(31)32(41)19-16-23-10-4-3-5-11-23)46-38-33-29-14-8-6-12-27(29)28-13-7-9-15-30(28)33/h2-15,24-26,31H,1,16-22H2,(H,37,42)(H,39,43)/t24-,25?,31?,36+/m1/s1. The second-order valence-corrected chi connectivity index (χ2v) is 14.7. The Balaban J connectivity index is 1.11. The highest BCUT2D eigenvalue weighted by Gasteiger charge is 2.62. The van der Waals surface area contributed by atoms with Gasteiger partial charge in [0.05, 0.1) is 11.8 Å². The van der Waals surface area contributed by atoms with Gasteiger partial charge in [-0.3, -0.25) is 19.1 Å². The van der Waals surface area contributed by atoms with E-state index in [0.29, 0.717) is 25.0 Å². The molecule has 0 radical (unpaired) electrons. The summed E-state index contributed by atoms with van der Waals surface area (Å²) in [6.45, 7) is 3.90. The van der Waals surface area contributed by atoms with E-state index in [2.05, 4.69) is 21.8 Å². The fourth-order valence-electron chi connectivity index (χ4n) is 6.68. The number of aryl methyl sites for hydroxylation is 1. The zero-order chi connectivity index (χ0) is 32.8. The molecule has 11 heteroatoms. The lowest BCUT2D eigenvalue weighted by Crippen LogP contribution is -2.56. The van der Waals surface area contributed by atoms with Crippen molar-refractivity contribution in [1.29, 1.82) is 0 Å². The number of nitrogens with one attached hydrogen (secondary N) is 2. The van der Waals surface area contributed by atoms with Crippen LogP contribution >= 0.6 is 0 Å². The Kier molecular flexibility index (Phi) is 7.95. The van der Waals surface area contributed by atoms with Gasteiger partial charge in [-0.05, 0) is 42.4 Å². The molecule has 4 atom stereocenters. The predicted octanol–water partition coefficient (Wildman–Crippen LogP) is 3.71. The largest absolute Gasteiger partial charge is 0.390 e. The quantitative estimate of drug-likeness (QED) is 0.188. The third-order valence-electron chi connectivity index (χ3n) is 9.55. The second kappa shape index (κ2) is 12.1. The number of carbonyl (C=O) groups is 3. The van der Waals surface area contributed by atoms with Crippen molar-refractivity contribution in [2.75, 3.05) is 6.54 Å². The van der Waals surface area contributed by atoms with Gasteiger partial charge in [-0.25, -0.2) is 8.42 Å². The van der Waals surface area contributed by atoms with Crippen LogP contribution in [0.3, 0.4) is 0 Å². The van der Waals surface area contributed by atoms with Crippen LogP contribution < -0.4 is 10.0 Å². The number of oxime groups is 1. The van der Waals surface area contributed by atoms with E-state index < -0.39 is 50.7 Å². The molecule has 47 heavy (non-hydrogen) atoms. The second-order valence-electron chi connectivity index (χ2n) is 12.7. The Labute approximate surface area is 273 Å². The minimum Gasteiger partial charge on any atom is -0.390 e. The fraction of sp³-hybridized carbons (Fsp3) is 0.333. The molecule has 4 aliphatic rings. The first-order chi connectivity index (χ1) is 22.7. The number of carbonyl (C=O) groups excluding carboxylic acids is 3. The van der Waals surface area contributed by atoms with Crippen LogP contribution in [0.4, 0.5) is 0 Å². The summed E-state index contributed by atoms with van der Waals surface area (Å²) >= 11 is 0. The SMILES string of the molecule is C=C[C@@H]1C[C@@]1(NC(=O)C1CC(ON=C2c3ccccc3-c3ccccc32)CN1C(=O)CCc1ccccc1)C(=O)NS(=O)(=O)C1CC1. The van der Waals surface area contributed by atoms with Crippen molar-refractivity contribution in [3.8, 4) is 11.1 Å². The summed E-state index contributed by atoms with van der Waals surface area (Å²) in [4.78, 5) is 48.5. The van der Waals surface area contributed by atoms with Crippen molar-refractivity contribution < 1.29 is 27.6 Å². The first kappa shape index (κ1) is 30.9. The molecule has 1 heterocycles. The Morgan fingerprint density at radius 2 is 1.55 bits per heavy atom. The maximum Gasteiger partial charge on any atom is 0.259 e. The van der Waals surface area contributed by atoms with Crippen LogP contribution in [0.1, 0.15) is 48.8 Å². The lowest BCUT2D eigenvalue weighted by atomic mass is 10.1. The van der Waals surface area contributed by atoms with Gasteiger partial charge in [0.15, 0.2) is 0 Å². The third-order valence-corrected chi connectivity index (χ3v) is 11.4. The van der Waals surface area contributed by atoms with Crippen molar-refractivity contribution in [2.45, 2.75) is 61.5 Å². The summed E-state index contributed by atoms with van der Waals surface area (Å²) in [7, 11) is -3.83. The molecular formula is C36H36N4O6S. The van der Waals surface area contributed by atoms with E-state index in [4.69, 9.17) is 4.84 Å². The van der Waals surface area contributed by atoms with Crippen molar-refractivity contribution in [3.63, 3.8) is 0 Å². The molecule has 3 aromatic carbocycles. The maximum absolute atomic E-state index is 13.9. The van der Waals surface area contributed by atoms with Gasteiger partial charge in [-0.1, -0.05) is 90.1 Å². The normalized spacial score (nSPS) is 24.1. The first-order valence-corrected chi connectivity index (χ1v) is 17.5. The molecule has 10 nitrogen and oxygen atoms in total. The molecule has 2 unspecified atom stereocenters. The summed E-state index contributed by atoms with van der Waals surface area (Å²) in [5, 5.41) is 6.81. The summed E-state index contributed by atoms with van der Waals surface area (Å²) in [5.41, 5.74) is 4.23. The number of hydrogen-bond donors (Lipinski definition) is 2. The summed E-state index contributed by atoms with van der Waals surface area (Å²) < 4.78 is 27.3. The van der Waals surface area contributed by atoms with Gasteiger partial charge in [-0.15, -0.1) is 6.58 Å². The van der Waals surface area contributed by atoms with E-state index in [0.717, 1.165) is 27.8 Å². The molecule has 2 saturated carbocycles. The minimum absolute atomic E-state index is 0.131. The van der Waals surface area contributed by atoms with Crippen molar-refractivity contribution in [1.82, 2.24) is 14.9 Å². The van der Waals surface area contributed by atoms with Crippen LogP contribution in [0.5, 0.6) is 0 Å². The Morgan fingerprint density at radius 3 is 2.15 bits per heavy atom. The lowest BCUT2D eigenvalue weighted by molar-refractivity contribution is -0.139. The number of benzene rings is 3. The highest BCUT2D eigenvalue weighted by atomic mass is 32.2. The number of amides is 3. The van der Waals surface area contributed by atoms with Crippen molar-refractivity contribution >= 4 is 33.5 Å². The molecule has 3 aliphatic carbocycles. The zero-order valence-electron chi connectivity index (χ0n) is 25.8. The van der Waals surface area contributed by atoms with E-state index in [-0.39, 0.29) is 31.7 Å². The summed E-state index contributed by atoms with van der Waals surface area (Å²) in [6, 6.07) is 24.6. The number of fused-ring (bicyclic) bond motifs is 3. The molecule has 0 spiro atoms. The first-order valence-electron chi connectivity index (χ1n) is 16.0. The molecule has 0 bridgehead atoms. The van der Waals surface area contributed by atoms with Crippen LogP contribution in [0.15, 0.2) is 96.7 Å². The van der Waals surface area contributed by atoms with Crippen LogP contribution in [-0.4, -0.2) is 66.2 Å². The number of sulfonamides is 1. The van der Waals surface area contributed by atoms with E-state index in [1.54, 1.807) is 6.08 Å². The van der Waals surface area contributed by atoms with E-state index in [1.165, 1.54) is 4.90 Å². The molecule has 1 aliphatic heterocycles. The Hall–Kier alpha value is -4.77. The Bertz CT molecular complexity index is 1840. The average Bonchev–Trinajstić information content (AvgIpc) is 3.99. The predicted molar refractivity (Wildman–Crippen MR) is 177 cm³/mol. The molecule has 2 N–H and O–H groups in total. The number of hydrogen-bond acceptors (Lipinski definition) is 7. The molecule has 7 rings (SSSR count). The van der Waals surface area contributed by atoms with Crippen LogP contribution in [0.2, 0.25) is 0 Å². The van der Waals surface area contributed by atoms with Crippen molar-refractivity contribution in [3.05, 3.63) is 108 Å². The molecular weight excluding hydrogens is 616 g/mol. The summed E-state index contributed by atoms with van der Waals surface area (Å²) in [6.07, 6.45) is 2.99. The van der Waals surface area contributed by atoms with Gasteiger partial charge < -0.3 is 15.1 Å². The van der Waals surface area contributed by atoms with Crippen LogP contribution in [0, 0.1) is 5.92 Å². The minimum atomic E-state index is -3.83. The highest BCUT2D eigenvalue weighted by Crippen LogP contribution is 2.45. The molecule has 3 amide bonds. The maximum atomic E-state index is 13.9. The molecule has 1 saturated heterocycles. The van der Waals surface area contributed by atoms with Gasteiger partial charge in [-0.2, -0.15) is 0 Å². The van der Waals surface area contributed by atoms with Crippen LogP contribution in [0.25, 0.3) is 11.1 Å². The smallest absolute Gasteiger partial charge is 0.259 e. The van der Waals surface area contributed by atoms with Gasteiger partial charge in [0.1, 0.15) is 23.4 Å². The van der Waals surface area contributed by atoms with E-state index >= 15 is 0 Å². The number of nitrogens with zero attached hydrogens (tertiary/aromatic N) is 2. The molecule has 0 aromatic heterocycles. The lowest BCUT2D eigenvalue weighted by Gasteiger charge is -2.26. The topological polar surface area (TPSA) is 134 Å². The third kappa shape index (κ3) is 5.95. The van der Waals surface area contributed by atoms with Gasteiger partial charge in [0, 0.05) is 29.9 Å². The van der Waals surface area contributed by atoms with Gasteiger partial charge in [0.25, 0.3) is 5.91 Å².